The fourth-order valence-corrected chi connectivity index (χ4v) is 2.31. The number of carbonyl (C=O) groups excluding carboxylic acids is 1. The summed E-state index contributed by atoms with van der Waals surface area (Å²) in [5, 5.41) is 3.26. The van der Waals surface area contributed by atoms with Gasteiger partial charge in [0.05, 0.1) is 6.04 Å². The fourth-order valence-electron chi connectivity index (χ4n) is 2.31. The molecule has 0 bridgehead atoms. The van der Waals surface area contributed by atoms with Gasteiger partial charge in [0.15, 0.2) is 0 Å². The molecule has 1 aliphatic heterocycles. The first kappa shape index (κ1) is 13.0. The summed E-state index contributed by atoms with van der Waals surface area (Å²) in [7, 11) is 0. The van der Waals surface area contributed by atoms with E-state index in [0.717, 1.165) is 18.5 Å². The molecule has 1 aromatic heterocycles. The third-order valence-electron chi connectivity index (χ3n) is 3.64. The third kappa shape index (κ3) is 2.70. The largest absolute Gasteiger partial charge is 0.332 e. The zero-order valence-electron chi connectivity index (χ0n) is 11.3. The van der Waals surface area contributed by atoms with Crippen molar-refractivity contribution in [2.24, 2.45) is 0 Å². The zero-order chi connectivity index (χ0) is 13.2. The molecule has 1 saturated heterocycles. The van der Waals surface area contributed by atoms with Gasteiger partial charge in [-0.1, -0.05) is 0 Å². The molecular weight excluding hydrogens is 226 g/mol. The minimum atomic E-state index is -0.113. The van der Waals surface area contributed by atoms with Gasteiger partial charge in [-0.05, 0) is 51.4 Å². The van der Waals surface area contributed by atoms with Gasteiger partial charge < -0.3 is 10.2 Å². The Morgan fingerprint density at radius 1 is 1.44 bits per heavy atom. The zero-order valence-corrected chi connectivity index (χ0v) is 11.3. The Morgan fingerprint density at radius 2 is 2.11 bits per heavy atom. The van der Waals surface area contributed by atoms with Crippen molar-refractivity contribution in [3.05, 3.63) is 30.1 Å². The molecule has 0 aromatic carbocycles. The van der Waals surface area contributed by atoms with Gasteiger partial charge in [-0.3, -0.25) is 9.78 Å². The lowest BCUT2D eigenvalue weighted by Crippen LogP contribution is -2.49. The normalized spacial score (nSPS) is 23.8. The van der Waals surface area contributed by atoms with Crippen molar-refractivity contribution in [2.75, 3.05) is 6.54 Å². The van der Waals surface area contributed by atoms with Gasteiger partial charge in [-0.15, -0.1) is 0 Å². The molecule has 1 atom stereocenters. The van der Waals surface area contributed by atoms with E-state index in [1.807, 2.05) is 24.0 Å². The molecule has 4 heteroatoms. The molecule has 1 fully saturated rings. The van der Waals surface area contributed by atoms with E-state index in [2.05, 4.69) is 24.1 Å². The van der Waals surface area contributed by atoms with Gasteiger partial charge >= 0.3 is 0 Å². The molecule has 0 radical (unpaired) electrons. The number of hydrogen-bond acceptors (Lipinski definition) is 3. The van der Waals surface area contributed by atoms with Crippen LogP contribution < -0.4 is 5.32 Å². The Bertz CT molecular complexity index is 416. The van der Waals surface area contributed by atoms with Crippen LogP contribution in [0.25, 0.3) is 0 Å². The molecule has 1 N–H and O–H groups in total. The first-order valence-electron chi connectivity index (χ1n) is 6.44. The van der Waals surface area contributed by atoms with Crippen molar-refractivity contribution >= 4 is 5.91 Å². The standard InChI is InChI=1S/C14H21N3O/c1-11-13(18)17(14(2,3)6-9-16-11)10-12-4-7-15-8-5-12/h4-5,7-8,11,16H,6,9-10H2,1-3H3. The average molecular weight is 247 g/mol. The molecule has 1 aromatic rings. The van der Waals surface area contributed by atoms with Crippen molar-refractivity contribution in [3.63, 3.8) is 0 Å². The minimum Gasteiger partial charge on any atom is -0.332 e. The van der Waals surface area contributed by atoms with Crippen LogP contribution in [0.5, 0.6) is 0 Å². The summed E-state index contributed by atoms with van der Waals surface area (Å²) >= 11 is 0. The molecule has 1 aliphatic rings. The predicted octanol–water partition coefficient (Wildman–Crippen LogP) is 1.57. The molecule has 2 heterocycles. The number of carbonyl (C=O) groups is 1. The summed E-state index contributed by atoms with van der Waals surface area (Å²) < 4.78 is 0. The van der Waals surface area contributed by atoms with Crippen LogP contribution in [0, 0.1) is 0 Å². The Morgan fingerprint density at radius 3 is 2.78 bits per heavy atom. The van der Waals surface area contributed by atoms with E-state index in [0.29, 0.717) is 6.54 Å². The monoisotopic (exact) mass is 247 g/mol. The van der Waals surface area contributed by atoms with Gasteiger partial charge in [0, 0.05) is 24.5 Å². The van der Waals surface area contributed by atoms with Crippen molar-refractivity contribution in [1.29, 1.82) is 0 Å². The number of pyridine rings is 1. The van der Waals surface area contributed by atoms with Crippen molar-refractivity contribution < 1.29 is 4.79 Å². The Balaban J connectivity index is 2.23. The van der Waals surface area contributed by atoms with E-state index in [4.69, 9.17) is 0 Å². The van der Waals surface area contributed by atoms with Gasteiger partial charge in [-0.2, -0.15) is 0 Å². The maximum Gasteiger partial charge on any atom is 0.240 e. The number of rotatable bonds is 2. The van der Waals surface area contributed by atoms with Crippen molar-refractivity contribution in [3.8, 4) is 0 Å². The first-order valence-corrected chi connectivity index (χ1v) is 6.44. The average Bonchev–Trinajstić information content (AvgIpc) is 2.43. The predicted molar refractivity (Wildman–Crippen MR) is 70.9 cm³/mol. The van der Waals surface area contributed by atoms with E-state index in [9.17, 15) is 4.79 Å². The second-order valence-electron chi connectivity index (χ2n) is 5.52. The summed E-state index contributed by atoms with van der Waals surface area (Å²) in [6.07, 6.45) is 4.51. The highest BCUT2D eigenvalue weighted by Gasteiger charge is 2.35. The first-order chi connectivity index (χ1) is 8.50. The maximum atomic E-state index is 12.4. The number of hydrogen-bond donors (Lipinski definition) is 1. The van der Waals surface area contributed by atoms with Crippen LogP contribution in [0.2, 0.25) is 0 Å². The van der Waals surface area contributed by atoms with E-state index in [-0.39, 0.29) is 17.5 Å². The van der Waals surface area contributed by atoms with Crippen LogP contribution in [0.4, 0.5) is 0 Å². The molecule has 98 valence electrons. The van der Waals surface area contributed by atoms with Gasteiger partial charge in [0.2, 0.25) is 5.91 Å². The summed E-state index contributed by atoms with van der Waals surface area (Å²) in [5.74, 6) is 0.175. The number of nitrogens with zero attached hydrogens (tertiary/aromatic N) is 2. The van der Waals surface area contributed by atoms with E-state index in [1.54, 1.807) is 12.4 Å². The lowest BCUT2D eigenvalue weighted by atomic mass is 9.97. The highest BCUT2D eigenvalue weighted by atomic mass is 16.2. The molecular formula is C14H21N3O. The molecule has 1 amide bonds. The molecule has 0 aliphatic carbocycles. The Kier molecular flexibility index (Phi) is 3.66. The second kappa shape index (κ2) is 5.06. The Labute approximate surface area is 108 Å². The topological polar surface area (TPSA) is 45.2 Å². The summed E-state index contributed by atoms with van der Waals surface area (Å²) in [4.78, 5) is 18.4. The lowest BCUT2D eigenvalue weighted by molar-refractivity contribution is -0.137. The highest BCUT2D eigenvalue weighted by molar-refractivity contribution is 5.82. The molecule has 1 unspecified atom stereocenters. The van der Waals surface area contributed by atoms with Crippen LogP contribution in [0.3, 0.4) is 0 Å². The third-order valence-corrected chi connectivity index (χ3v) is 3.64. The van der Waals surface area contributed by atoms with E-state index in [1.165, 1.54) is 0 Å². The minimum absolute atomic E-state index is 0.103. The molecule has 18 heavy (non-hydrogen) atoms. The molecule has 0 spiro atoms. The number of nitrogens with one attached hydrogen (secondary N) is 1. The quantitative estimate of drug-likeness (QED) is 0.863. The van der Waals surface area contributed by atoms with E-state index >= 15 is 0 Å². The number of aromatic nitrogens is 1. The molecule has 2 rings (SSSR count). The lowest BCUT2D eigenvalue weighted by Gasteiger charge is -2.37. The van der Waals surface area contributed by atoms with Gasteiger partial charge in [0.25, 0.3) is 0 Å². The van der Waals surface area contributed by atoms with Gasteiger partial charge in [0.1, 0.15) is 0 Å². The fraction of sp³-hybridized carbons (Fsp3) is 0.571. The molecule has 4 nitrogen and oxygen atoms in total. The van der Waals surface area contributed by atoms with Crippen LogP contribution in [-0.2, 0) is 11.3 Å². The second-order valence-corrected chi connectivity index (χ2v) is 5.52. The molecule has 0 saturated carbocycles. The maximum absolute atomic E-state index is 12.4. The smallest absolute Gasteiger partial charge is 0.240 e. The number of amides is 1. The van der Waals surface area contributed by atoms with Crippen molar-refractivity contribution in [2.45, 2.75) is 45.3 Å². The van der Waals surface area contributed by atoms with Crippen LogP contribution in [-0.4, -0.2) is 33.9 Å². The van der Waals surface area contributed by atoms with Crippen LogP contribution in [0.15, 0.2) is 24.5 Å². The SMILES string of the molecule is CC1NCCC(C)(C)N(Cc2ccncc2)C1=O. The van der Waals surface area contributed by atoms with Crippen LogP contribution >= 0.6 is 0 Å². The van der Waals surface area contributed by atoms with E-state index < -0.39 is 0 Å². The van der Waals surface area contributed by atoms with Gasteiger partial charge in [-0.25, -0.2) is 0 Å². The van der Waals surface area contributed by atoms with Crippen LogP contribution in [0.1, 0.15) is 32.8 Å². The summed E-state index contributed by atoms with van der Waals surface area (Å²) in [6, 6.07) is 3.83. The highest BCUT2D eigenvalue weighted by Crippen LogP contribution is 2.24. The summed E-state index contributed by atoms with van der Waals surface area (Å²) in [5.41, 5.74) is 1.01. The Hall–Kier alpha value is -1.42. The van der Waals surface area contributed by atoms with Crippen molar-refractivity contribution in [1.82, 2.24) is 15.2 Å². The summed E-state index contributed by atoms with van der Waals surface area (Å²) in [6.45, 7) is 7.73.